The highest BCUT2D eigenvalue weighted by molar-refractivity contribution is 7.07. The fourth-order valence-electron chi connectivity index (χ4n) is 4.28. The molecule has 4 rings (SSSR count). The Bertz CT molecular complexity index is 1560. The van der Waals surface area contributed by atoms with Crippen molar-refractivity contribution in [2.75, 3.05) is 20.8 Å². The lowest BCUT2D eigenvalue weighted by Gasteiger charge is -2.24. The number of hydrogen-bond acceptors (Lipinski definition) is 8. The lowest BCUT2D eigenvalue weighted by atomic mass is 9.96. The third-order valence-electron chi connectivity index (χ3n) is 6.01. The zero-order valence-corrected chi connectivity index (χ0v) is 21.9. The Morgan fingerprint density at radius 3 is 2.57 bits per heavy atom. The summed E-state index contributed by atoms with van der Waals surface area (Å²) in [4.78, 5) is 31.8. The number of phenolic OH excluding ortho intramolecular Hbond substituents is 1. The van der Waals surface area contributed by atoms with Crippen LogP contribution in [0.3, 0.4) is 0 Å². The molecule has 1 aliphatic heterocycles. The van der Waals surface area contributed by atoms with Crippen LogP contribution in [0.4, 0.5) is 0 Å². The molecular formula is C28H28N2O6S. The number of hydrogen-bond donors (Lipinski definition) is 1. The molecule has 37 heavy (non-hydrogen) atoms. The largest absolute Gasteiger partial charge is 0.504 e. The number of methoxy groups -OCH3 is 2. The molecule has 0 aliphatic carbocycles. The van der Waals surface area contributed by atoms with Gasteiger partial charge in [0.25, 0.3) is 5.56 Å². The van der Waals surface area contributed by atoms with E-state index in [0.717, 1.165) is 5.56 Å². The predicted octanol–water partition coefficient (Wildman–Crippen LogP) is 3.25. The summed E-state index contributed by atoms with van der Waals surface area (Å²) in [7, 11) is 3.05. The summed E-state index contributed by atoms with van der Waals surface area (Å²) < 4.78 is 17.9. The van der Waals surface area contributed by atoms with E-state index in [2.05, 4.69) is 11.6 Å². The van der Waals surface area contributed by atoms with Gasteiger partial charge in [0.2, 0.25) is 0 Å². The fourth-order valence-corrected chi connectivity index (χ4v) is 5.33. The summed E-state index contributed by atoms with van der Waals surface area (Å²) >= 11 is 1.22. The van der Waals surface area contributed by atoms with Crippen LogP contribution in [0.15, 0.2) is 70.1 Å². The van der Waals surface area contributed by atoms with Gasteiger partial charge in [-0.15, -0.1) is 6.58 Å². The summed E-state index contributed by atoms with van der Waals surface area (Å²) in [5.74, 6) is 0.479. The van der Waals surface area contributed by atoms with Crippen LogP contribution in [0.2, 0.25) is 0 Å². The zero-order chi connectivity index (χ0) is 26.7. The molecule has 1 N–H and O–H groups in total. The number of carbonyl (C=O) groups excluding carboxylic acids is 1. The Morgan fingerprint density at radius 2 is 1.95 bits per heavy atom. The molecule has 0 saturated carbocycles. The molecule has 0 unspecified atom stereocenters. The average Bonchev–Trinajstić information content (AvgIpc) is 3.19. The fraction of sp³-hybridized carbons (Fsp3) is 0.250. The summed E-state index contributed by atoms with van der Waals surface area (Å²) in [5, 5.41) is 10.4. The Balaban J connectivity index is 1.94. The van der Waals surface area contributed by atoms with Gasteiger partial charge in [0, 0.05) is 5.56 Å². The van der Waals surface area contributed by atoms with E-state index in [1.807, 2.05) is 12.1 Å². The minimum Gasteiger partial charge on any atom is -0.504 e. The Morgan fingerprint density at radius 1 is 1.22 bits per heavy atom. The van der Waals surface area contributed by atoms with E-state index >= 15 is 0 Å². The topological polar surface area (TPSA) is 99.4 Å². The van der Waals surface area contributed by atoms with E-state index < -0.39 is 12.0 Å². The second-order valence-electron chi connectivity index (χ2n) is 8.30. The molecule has 8 nitrogen and oxygen atoms in total. The van der Waals surface area contributed by atoms with Gasteiger partial charge < -0.3 is 19.3 Å². The lowest BCUT2D eigenvalue weighted by Crippen LogP contribution is -2.39. The molecule has 0 amide bonds. The van der Waals surface area contributed by atoms with Crippen LogP contribution in [-0.4, -0.2) is 36.5 Å². The second-order valence-corrected chi connectivity index (χ2v) is 9.31. The smallest absolute Gasteiger partial charge is 0.338 e. The van der Waals surface area contributed by atoms with Crippen molar-refractivity contribution in [3.05, 3.63) is 96.7 Å². The average molecular weight is 521 g/mol. The lowest BCUT2D eigenvalue weighted by molar-refractivity contribution is -0.139. The molecule has 2 aromatic carbocycles. The van der Waals surface area contributed by atoms with Gasteiger partial charge in [-0.05, 0) is 61.7 Å². The van der Waals surface area contributed by atoms with E-state index in [-0.39, 0.29) is 17.9 Å². The maximum absolute atomic E-state index is 13.8. The van der Waals surface area contributed by atoms with Gasteiger partial charge in [0.15, 0.2) is 16.3 Å². The molecule has 0 fully saturated rings. The Kier molecular flexibility index (Phi) is 7.63. The molecule has 0 radical (unpaired) electrons. The molecule has 1 aromatic heterocycles. The molecule has 0 spiro atoms. The van der Waals surface area contributed by atoms with Crippen molar-refractivity contribution >= 4 is 23.4 Å². The van der Waals surface area contributed by atoms with Crippen molar-refractivity contribution in [3.63, 3.8) is 0 Å². The molecule has 1 atom stereocenters. The van der Waals surface area contributed by atoms with E-state index in [0.29, 0.717) is 49.7 Å². The summed E-state index contributed by atoms with van der Waals surface area (Å²) in [6.45, 7) is 7.41. The number of benzene rings is 2. The van der Waals surface area contributed by atoms with Gasteiger partial charge in [0.05, 0.1) is 42.7 Å². The van der Waals surface area contributed by atoms with Crippen LogP contribution in [0.5, 0.6) is 17.2 Å². The first-order chi connectivity index (χ1) is 17.8. The maximum Gasteiger partial charge on any atom is 0.338 e. The first-order valence-electron chi connectivity index (χ1n) is 11.7. The number of fused-ring (bicyclic) bond motifs is 1. The van der Waals surface area contributed by atoms with Crippen LogP contribution in [0.25, 0.3) is 6.08 Å². The van der Waals surface area contributed by atoms with Crippen molar-refractivity contribution in [3.8, 4) is 17.2 Å². The molecule has 2 heterocycles. The van der Waals surface area contributed by atoms with Crippen LogP contribution in [0, 0.1) is 0 Å². The number of thiazole rings is 1. The highest BCUT2D eigenvalue weighted by Gasteiger charge is 2.33. The van der Waals surface area contributed by atoms with Gasteiger partial charge in [-0.3, -0.25) is 9.36 Å². The zero-order valence-electron chi connectivity index (χ0n) is 21.1. The van der Waals surface area contributed by atoms with E-state index in [9.17, 15) is 14.7 Å². The van der Waals surface area contributed by atoms with Gasteiger partial charge >= 0.3 is 5.97 Å². The highest BCUT2D eigenvalue weighted by Crippen LogP contribution is 2.33. The minimum absolute atomic E-state index is 0.0372. The van der Waals surface area contributed by atoms with Gasteiger partial charge in [-0.1, -0.05) is 29.5 Å². The third kappa shape index (κ3) is 4.95. The van der Waals surface area contributed by atoms with Gasteiger partial charge in [-0.2, -0.15) is 0 Å². The third-order valence-corrected chi connectivity index (χ3v) is 6.99. The SMILES string of the molecule is C=CCc1cc(/C=c2/sc3n(c2=O)[C@@H](c2ccc(OC)cc2)C(C(=O)OCC)=C(C)N=3)cc(OC)c1O. The van der Waals surface area contributed by atoms with E-state index in [4.69, 9.17) is 14.2 Å². The number of phenols is 1. The summed E-state index contributed by atoms with van der Waals surface area (Å²) in [5.41, 5.74) is 2.54. The first kappa shape index (κ1) is 26.0. The van der Waals surface area contributed by atoms with Crippen LogP contribution >= 0.6 is 11.3 Å². The number of esters is 1. The van der Waals surface area contributed by atoms with Crippen molar-refractivity contribution in [1.29, 1.82) is 0 Å². The minimum atomic E-state index is -0.714. The van der Waals surface area contributed by atoms with E-state index in [1.54, 1.807) is 57.4 Å². The number of rotatable bonds is 8. The monoisotopic (exact) mass is 520 g/mol. The van der Waals surface area contributed by atoms with Crippen LogP contribution < -0.4 is 24.4 Å². The van der Waals surface area contributed by atoms with Crippen molar-refractivity contribution in [2.24, 2.45) is 4.99 Å². The number of aromatic hydroxyl groups is 1. The second kappa shape index (κ2) is 10.9. The van der Waals surface area contributed by atoms with Gasteiger partial charge in [0.1, 0.15) is 5.75 Å². The molecule has 9 heteroatoms. The Hall–Kier alpha value is -4.11. The van der Waals surface area contributed by atoms with E-state index in [1.165, 1.54) is 23.0 Å². The standard InChI is InChI=1S/C28H28N2O6S/c1-6-8-19-13-17(14-21(35-5)25(19)31)15-22-26(32)30-24(18-9-11-20(34-4)12-10-18)23(27(33)36-7-2)16(3)29-28(30)37-22/h6,9-15,24,31H,1,7-8H2,2-5H3/b22-15+/t24-/m0/s1. The quantitative estimate of drug-likeness (QED) is 0.362. The van der Waals surface area contributed by atoms with Crippen LogP contribution in [0.1, 0.15) is 36.6 Å². The molecular weight excluding hydrogens is 492 g/mol. The number of nitrogens with zero attached hydrogens (tertiary/aromatic N) is 2. The van der Waals surface area contributed by atoms with Crippen molar-refractivity contribution in [2.45, 2.75) is 26.3 Å². The van der Waals surface area contributed by atoms with Crippen molar-refractivity contribution < 1.29 is 24.1 Å². The molecule has 3 aromatic rings. The maximum atomic E-state index is 13.8. The first-order valence-corrected chi connectivity index (χ1v) is 12.5. The molecule has 0 bridgehead atoms. The number of carbonyl (C=O) groups is 1. The number of ether oxygens (including phenoxy) is 3. The van der Waals surface area contributed by atoms with Crippen LogP contribution in [-0.2, 0) is 16.0 Å². The summed E-state index contributed by atoms with van der Waals surface area (Å²) in [6.07, 6.45) is 3.85. The molecule has 0 saturated heterocycles. The molecule has 1 aliphatic rings. The predicted molar refractivity (Wildman–Crippen MR) is 142 cm³/mol. The normalized spacial score (nSPS) is 15.1. The number of allylic oxidation sites excluding steroid dienone is 2. The van der Waals surface area contributed by atoms with Crippen molar-refractivity contribution in [1.82, 2.24) is 4.57 Å². The summed E-state index contributed by atoms with van der Waals surface area (Å²) in [6, 6.07) is 9.95. The Labute approximate surface area is 218 Å². The number of aromatic nitrogens is 1. The highest BCUT2D eigenvalue weighted by atomic mass is 32.1. The van der Waals surface area contributed by atoms with Gasteiger partial charge in [-0.25, -0.2) is 9.79 Å². The molecule has 192 valence electrons.